The standard InChI is InChI=1S/C26H38N6O2S/c1-26(2,3)34-25(33)32-13-10-20(11-14-32)17-31(4)24-22(16-27)23(28-18-29-24)30-21-8-6-19(7-9-21)12-15-35-5/h6-9,16,18,20,27H,10-15,17H2,1-5H3,(H,28,29,30). The highest BCUT2D eigenvalue weighted by Gasteiger charge is 2.28. The number of rotatable bonds is 9. The summed E-state index contributed by atoms with van der Waals surface area (Å²) in [7, 11) is 2.00. The monoisotopic (exact) mass is 498 g/mol. The van der Waals surface area contributed by atoms with E-state index in [0.29, 0.717) is 30.4 Å². The molecule has 1 aliphatic heterocycles. The summed E-state index contributed by atoms with van der Waals surface area (Å²) in [4.78, 5) is 25.1. The third-order valence-corrected chi connectivity index (χ3v) is 6.59. The van der Waals surface area contributed by atoms with Gasteiger partial charge in [0, 0.05) is 38.6 Å². The number of thioether (sulfide) groups is 1. The van der Waals surface area contributed by atoms with E-state index in [9.17, 15) is 4.79 Å². The van der Waals surface area contributed by atoms with Gasteiger partial charge in [-0.05, 0) is 75.7 Å². The van der Waals surface area contributed by atoms with E-state index in [1.54, 1.807) is 11.2 Å². The predicted molar refractivity (Wildman–Crippen MR) is 146 cm³/mol. The normalized spacial score (nSPS) is 14.5. The second-order valence-corrected chi connectivity index (χ2v) is 10.9. The lowest BCUT2D eigenvalue weighted by atomic mass is 9.96. The molecule has 0 aliphatic carbocycles. The van der Waals surface area contributed by atoms with Crippen molar-refractivity contribution in [1.29, 1.82) is 5.41 Å². The van der Waals surface area contributed by atoms with Gasteiger partial charge in [-0.1, -0.05) is 12.1 Å². The quantitative estimate of drug-likeness (QED) is 0.459. The van der Waals surface area contributed by atoms with Crippen molar-refractivity contribution in [3.63, 3.8) is 0 Å². The molecule has 190 valence electrons. The summed E-state index contributed by atoms with van der Waals surface area (Å²) in [5, 5.41) is 11.4. The summed E-state index contributed by atoms with van der Waals surface area (Å²) >= 11 is 1.84. The van der Waals surface area contributed by atoms with Crippen LogP contribution in [-0.2, 0) is 11.2 Å². The lowest BCUT2D eigenvalue weighted by molar-refractivity contribution is 0.0186. The molecule has 1 aliphatic rings. The maximum absolute atomic E-state index is 12.3. The van der Waals surface area contributed by atoms with Gasteiger partial charge in [-0.3, -0.25) is 0 Å². The van der Waals surface area contributed by atoms with Gasteiger partial charge >= 0.3 is 6.09 Å². The Kier molecular flexibility index (Phi) is 9.37. The number of aromatic nitrogens is 2. The highest BCUT2D eigenvalue weighted by molar-refractivity contribution is 7.98. The first kappa shape index (κ1) is 26.8. The minimum Gasteiger partial charge on any atom is -0.444 e. The molecule has 1 fully saturated rings. The van der Waals surface area contributed by atoms with Crippen molar-refractivity contribution in [2.24, 2.45) is 5.92 Å². The van der Waals surface area contributed by atoms with E-state index in [1.807, 2.05) is 51.7 Å². The van der Waals surface area contributed by atoms with Gasteiger partial charge < -0.3 is 25.3 Å². The third kappa shape index (κ3) is 7.85. The molecule has 1 saturated heterocycles. The number of ether oxygens (including phenoxy) is 1. The Labute approximate surface area is 213 Å². The zero-order chi connectivity index (χ0) is 25.4. The third-order valence-electron chi connectivity index (χ3n) is 5.98. The van der Waals surface area contributed by atoms with E-state index >= 15 is 0 Å². The first-order valence-electron chi connectivity index (χ1n) is 12.1. The molecule has 2 aromatic rings. The Morgan fingerprint density at radius 1 is 1.26 bits per heavy atom. The van der Waals surface area contributed by atoms with Gasteiger partial charge in [0.15, 0.2) is 0 Å². The van der Waals surface area contributed by atoms with E-state index in [1.165, 1.54) is 11.8 Å². The highest BCUT2D eigenvalue weighted by atomic mass is 32.2. The summed E-state index contributed by atoms with van der Waals surface area (Å²) in [6.07, 6.45) is 7.59. The number of likely N-dealkylation sites (tertiary alicyclic amines) is 1. The van der Waals surface area contributed by atoms with Gasteiger partial charge in [-0.2, -0.15) is 11.8 Å². The SMILES string of the molecule is CSCCc1ccc(Nc2ncnc(N(C)CC3CCN(C(=O)OC(C)(C)C)CC3)c2C=N)cc1. The summed E-state index contributed by atoms with van der Waals surface area (Å²) in [6, 6.07) is 8.35. The Morgan fingerprint density at radius 3 is 2.54 bits per heavy atom. The number of hydrogen-bond acceptors (Lipinski definition) is 8. The van der Waals surface area contributed by atoms with Crippen molar-refractivity contribution in [2.45, 2.75) is 45.6 Å². The number of nitrogens with zero attached hydrogens (tertiary/aromatic N) is 4. The van der Waals surface area contributed by atoms with Crippen LogP contribution in [0.25, 0.3) is 0 Å². The van der Waals surface area contributed by atoms with Crippen LogP contribution in [0, 0.1) is 11.3 Å². The Bertz CT molecular complexity index is 984. The van der Waals surface area contributed by atoms with Gasteiger partial charge in [0.1, 0.15) is 23.6 Å². The summed E-state index contributed by atoms with van der Waals surface area (Å²) in [5.74, 6) is 2.88. The van der Waals surface area contributed by atoms with Gasteiger partial charge in [0.2, 0.25) is 0 Å². The molecule has 1 aromatic carbocycles. The van der Waals surface area contributed by atoms with Crippen LogP contribution < -0.4 is 10.2 Å². The van der Waals surface area contributed by atoms with Crippen molar-refractivity contribution in [3.05, 3.63) is 41.7 Å². The number of piperidine rings is 1. The summed E-state index contributed by atoms with van der Waals surface area (Å²) < 4.78 is 5.51. The summed E-state index contributed by atoms with van der Waals surface area (Å²) in [5.41, 5.74) is 2.42. The number of carbonyl (C=O) groups excluding carboxylic acids is 1. The number of anilines is 3. The number of amides is 1. The molecule has 8 nitrogen and oxygen atoms in total. The lowest BCUT2D eigenvalue weighted by Gasteiger charge is -2.35. The average Bonchev–Trinajstić information content (AvgIpc) is 2.82. The van der Waals surface area contributed by atoms with E-state index in [4.69, 9.17) is 10.1 Å². The number of benzene rings is 1. The maximum Gasteiger partial charge on any atom is 0.410 e. The fourth-order valence-electron chi connectivity index (χ4n) is 4.13. The summed E-state index contributed by atoms with van der Waals surface area (Å²) in [6.45, 7) is 7.84. The van der Waals surface area contributed by atoms with E-state index in [0.717, 1.165) is 43.1 Å². The molecule has 0 atom stereocenters. The van der Waals surface area contributed by atoms with Crippen LogP contribution in [0.5, 0.6) is 0 Å². The second kappa shape index (κ2) is 12.2. The van der Waals surface area contributed by atoms with Crippen LogP contribution in [0.2, 0.25) is 0 Å². The molecule has 1 aromatic heterocycles. The molecule has 35 heavy (non-hydrogen) atoms. The van der Waals surface area contributed by atoms with Crippen LogP contribution in [0.3, 0.4) is 0 Å². The van der Waals surface area contributed by atoms with Crippen LogP contribution in [0.4, 0.5) is 22.1 Å². The van der Waals surface area contributed by atoms with Gasteiger partial charge in [-0.15, -0.1) is 0 Å². The Balaban J connectivity index is 1.61. The number of aryl methyl sites for hydroxylation is 1. The molecular weight excluding hydrogens is 460 g/mol. The molecule has 2 heterocycles. The first-order chi connectivity index (χ1) is 16.7. The van der Waals surface area contributed by atoms with E-state index in [-0.39, 0.29) is 6.09 Å². The maximum atomic E-state index is 12.3. The fraction of sp³-hybridized carbons (Fsp3) is 0.538. The molecule has 1 amide bonds. The molecule has 0 bridgehead atoms. The van der Waals surface area contributed by atoms with Crippen molar-refractivity contribution in [3.8, 4) is 0 Å². The van der Waals surface area contributed by atoms with E-state index in [2.05, 4.69) is 38.6 Å². The van der Waals surface area contributed by atoms with Gasteiger partial charge in [0.05, 0.1) is 5.56 Å². The Morgan fingerprint density at radius 2 is 1.94 bits per heavy atom. The highest BCUT2D eigenvalue weighted by Crippen LogP contribution is 2.27. The topological polar surface area (TPSA) is 94.4 Å². The smallest absolute Gasteiger partial charge is 0.410 e. The predicted octanol–water partition coefficient (Wildman–Crippen LogP) is 5.21. The number of nitrogens with one attached hydrogen (secondary N) is 2. The van der Waals surface area contributed by atoms with E-state index < -0.39 is 5.60 Å². The van der Waals surface area contributed by atoms with Crippen molar-refractivity contribution < 1.29 is 9.53 Å². The van der Waals surface area contributed by atoms with Gasteiger partial charge in [-0.25, -0.2) is 14.8 Å². The van der Waals surface area contributed by atoms with Gasteiger partial charge in [0.25, 0.3) is 0 Å². The minimum absolute atomic E-state index is 0.237. The molecule has 0 spiro atoms. The molecule has 0 radical (unpaired) electrons. The van der Waals surface area contributed by atoms with Crippen molar-refractivity contribution in [2.75, 3.05) is 48.9 Å². The first-order valence-corrected chi connectivity index (χ1v) is 13.5. The molecule has 2 N–H and O–H groups in total. The molecule has 0 unspecified atom stereocenters. The van der Waals surface area contributed by atoms with Crippen LogP contribution in [-0.4, -0.2) is 71.5 Å². The number of hydrogen-bond donors (Lipinski definition) is 2. The molecular formula is C26H38N6O2S. The minimum atomic E-state index is -0.480. The zero-order valence-electron chi connectivity index (χ0n) is 21.5. The molecule has 9 heteroatoms. The Hall–Kier alpha value is -2.81. The van der Waals surface area contributed by atoms with Crippen LogP contribution in [0.15, 0.2) is 30.6 Å². The fourth-order valence-corrected chi connectivity index (χ4v) is 4.57. The van der Waals surface area contributed by atoms with Crippen molar-refractivity contribution in [1.82, 2.24) is 14.9 Å². The lowest BCUT2D eigenvalue weighted by Crippen LogP contribution is -2.43. The zero-order valence-corrected chi connectivity index (χ0v) is 22.3. The number of carbonyl (C=O) groups is 1. The van der Waals surface area contributed by atoms with Crippen LogP contribution >= 0.6 is 11.8 Å². The van der Waals surface area contributed by atoms with Crippen molar-refractivity contribution >= 4 is 41.4 Å². The van der Waals surface area contributed by atoms with Crippen LogP contribution in [0.1, 0.15) is 44.7 Å². The average molecular weight is 499 g/mol. The molecule has 3 rings (SSSR count). The largest absolute Gasteiger partial charge is 0.444 e. The molecule has 0 saturated carbocycles. The second-order valence-electron chi connectivity index (χ2n) is 9.96.